The van der Waals surface area contributed by atoms with E-state index in [2.05, 4.69) is 27.6 Å². The van der Waals surface area contributed by atoms with E-state index in [9.17, 15) is 0 Å². The van der Waals surface area contributed by atoms with Crippen LogP contribution in [0.15, 0.2) is 12.2 Å². The van der Waals surface area contributed by atoms with Gasteiger partial charge in [0.2, 0.25) is 0 Å². The van der Waals surface area contributed by atoms with Crippen LogP contribution < -0.4 is 0 Å². The molecule has 0 aliphatic heterocycles. The van der Waals surface area contributed by atoms with Gasteiger partial charge in [0.15, 0.2) is 6.23 Å². The highest BCUT2D eigenvalue weighted by atomic mass is 28.4. The van der Waals surface area contributed by atoms with Gasteiger partial charge in [-0.3, -0.25) is 0 Å². The molecule has 0 aromatic heterocycles. The first-order valence-corrected chi connectivity index (χ1v) is 8.90. The topological polar surface area (TPSA) is 36.9 Å². The zero-order valence-corrected chi connectivity index (χ0v) is 15.2. The number of hydrogen-bond donors (Lipinski definition) is 0. The molecule has 0 aromatic rings. The van der Waals surface area contributed by atoms with Gasteiger partial charge in [-0.1, -0.05) is 12.2 Å². The van der Waals surface area contributed by atoms with E-state index >= 15 is 0 Å². The van der Waals surface area contributed by atoms with Crippen molar-refractivity contribution in [1.82, 2.24) is 0 Å². The van der Waals surface area contributed by atoms with Gasteiger partial charge < -0.3 is 22.5 Å². The van der Waals surface area contributed by atoms with Gasteiger partial charge in [0.05, 0.1) is 27.2 Å². The summed E-state index contributed by atoms with van der Waals surface area (Å²) < 4.78 is 22.9. The maximum atomic E-state index is 5.82. The van der Waals surface area contributed by atoms with E-state index in [0.29, 0.717) is 6.61 Å². The van der Waals surface area contributed by atoms with Gasteiger partial charge in [-0.25, -0.2) is 0 Å². The number of rotatable bonds is 11. The van der Waals surface area contributed by atoms with Gasteiger partial charge >= 0.3 is 8.80 Å². The molecule has 20 heavy (non-hydrogen) atoms. The molecule has 5 nitrogen and oxygen atoms in total. The molecule has 0 saturated carbocycles. The summed E-state index contributed by atoms with van der Waals surface area (Å²) in [6.45, 7) is 9.51. The van der Waals surface area contributed by atoms with E-state index < -0.39 is 8.80 Å². The summed E-state index contributed by atoms with van der Waals surface area (Å²) in [6.07, 6.45) is 1.09. The van der Waals surface area contributed by atoms with Crippen molar-refractivity contribution >= 4 is 8.80 Å². The second-order valence-electron chi connectivity index (χ2n) is 5.77. The smallest absolute Gasteiger partial charge is 0.377 e. The lowest BCUT2D eigenvalue weighted by Crippen LogP contribution is -2.50. The lowest BCUT2D eigenvalue weighted by atomic mass is 10.3. The SMILES string of the molecule is C=C(C)COC(C)[N+](C)(C)CCC[Si](OC)(OC)OC. The standard InChI is InChI=1S/C14H32NO4Si/c1-13(2)12-19-14(3)15(4,5)10-9-11-20(16-6,17-7)18-8/h14H,1,9-12H2,2-8H3/q+1. The molecule has 120 valence electrons. The molecule has 0 rings (SSSR count). The quantitative estimate of drug-likeness (QED) is 0.254. The molecule has 0 spiro atoms. The average Bonchev–Trinajstić information content (AvgIpc) is 2.41. The molecule has 0 aliphatic carbocycles. The second-order valence-corrected chi connectivity index (χ2v) is 8.86. The average molecular weight is 306 g/mol. The molecule has 0 aliphatic rings. The van der Waals surface area contributed by atoms with Crippen LogP contribution in [0.3, 0.4) is 0 Å². The Balaban J connectivity index is 4.30. The molecule has 0 heterocycles. The lowest BCUT2D eigenvalue weighted by molar-refractivity contribution is -0.935. The highest BCUT2D eigenvalue weighted by Crippen LogP contribution is 2.18. The minimum Gasteiger partial charge on any atom is -0.377 e. The summed E-state index contributed by atoms with van der Waals surface area (Å²) in [4.78, 5) is 0. The van der Waals surface area contributed by atoms with Crippen molar-refractivity contribution in [2.75, 3.05) is 48.6 Å². The first kappa shape index (κ1) is 19.8. The molecule has 0 aromatic carbocycles. The van der Waals surface area contributed by atoms with E-state index in [-0.39, 0.29) is 6.23 Å². The third-order valence-corrected chi connectivity index (χ3v) is 6.54. The van der Waals surface area contributed by atoms with Gasteiger partial charge in [-0.2, -0.15) is 0 Å². The fraction of sp³-hybridized carbons (Fsp3) is 0.857. The van der Waals surface area contributed by atoms with Gasteiger partial charge in [0.25, 0.3) is 0 Å². The molecule has 0 bridgehead atoms. The fourth-order valence-electron chi connectivity index (χ4n) is 1.91. The lowest BCUT2D eigenvalue weighted by Gasteiger charge is -2.36. The summed E-state index contributed by atoms with van der Waals surface area (Å²) in [5, 5.41) is 0. The van der Waals surface area contributed by atoms with Crippen LogP contribution in [-0.4, -0.2) is 68.1 Å². The Morgan fingerprint density at radius 3 is 2.05 bits per heavy atom. The van der Waals surface area contributed by atoms with E-state index in [4.69, 9.17) is 18.0 Å². The van der Waals surface area contributed by atoms with Gasteiger partial charge in [-0.05, 0) is 6.92 Å². The Kier molecular flexibility index (Phi) is 8.81. The monoisotopic (exact) mass is 306 g/mol. The fourth-order valence-corrected chi connectivity index (χ4v) is 3.61. The Morgan fingerprint density at radius 1 is 1.15 bits per heavy atom. The van der Waals surface area contributed by atoms with Crippen LogP contribution in [0.2, 0.25) is 6.04 Å². The first-order valence-electron chi connectivity index (χ1n) is 6.97. The summed E-state index contributed by atoms with van der Waals surface area (Å²) >= 11 is 0. The van der Waals surface area contributed by atoms with Crippen LogP contribution in [0.25, 0.3) is 0 Å². The van der Waals surface area contributed by atoms with Crippen molar-refractivity contribution < 1.29 is 22.5 Å². The first-order chi connectivity index (χ1) is 9.23. The van der Waals surface area contributed by atoms with Crippen LogP contribution >= 0.6 is 0 Å². The third kappa shape index (κ3) is 6.47. The molecule has 6 heteroatoms. The molecule has 1 atom stereocenters. The number of hydrogen-bond acceptors (Lipinski definition) is 4. The van der Waals surface area contributed by atoms with Gasteiger partial charge in [-0.15, -0.1) is 0 Å². The highest BCUT2D eigenvalue weighted by Gasteiger charge is 2.38. The van der Waals surface area contributed by atoms with Gasteiger partial charge in [0.1, 0.15) is 0 Å². The van der Waals surface area contributed by atoms with E-state index in [1.54, 1.807) is 21.3 Å². The van der Waals surface area contributed by atoms with Crippen molar-refractivity contribution in [1.29, 1.82) is 0 Å². The predicted octanol–water partition coefficient (Wildman–Crippen LogP) is 2.27. The molecule has 0 radical (unpaired) electrons. The number of nitrogens with zero attached hydrogens (tertiary/aromatic N) is 1. The molecule has 0 saturated heterocycles. The van der Waals surface area contributed by atoms with Gasteiger partial charge in [0, 0.05) is 40.7 Å². The Hall–Kier alpha value is -0.243. The van der Waals surface area contributed by atoms with Crippen LogP contribution in [0, 0.1) is 0 Å². The number of quaternary nitrogens is 1. The molecule has 0 N–H and O–H groups in total. The highest BCUT2D eigenvalue weighted by molar-refractivity contribution is 6.60. The molecule has 0 fully saturated rings. The van der Waals surface area contributed by atoms with E-state index in [1.807, 2.05) is 6.92 Å². The summed E-state index contributed by atoms with van der Waals surface area (Å²) in [6, 6.07) is 0.811. The van der Waals surface area contributed by atoms with Crippen molar-refractivity contribution in [2.45, 2.75) is 32.5 Å². The minimum atomic E-state index is -2.45. The van der Waals surface area contributed by atoms with Crippen molar-refractivity contribution in [3.63, 3.8) is 0 Å². The van der Waals surface area contributed by atoms with E-state index in [1.165, 1.54) is 0 Å². The van der Waals surface area contributed by atoms with Crippen LogP contribution in [0.1, 0.15) is 20.3 Å². The third-order valence-electron chi connectivity index (χ3n) is 3.71. The predicted molar refractivity (Wildman–Crippen MR) is 83.4 cm³/mol. The molecule has 0 amide bonds. The Labute approximate surface area is 125 Å². The summed E-state index contributed by atoms with van der Waals surface area (Å²) in [5.74, 6) is 0. The maximum absolute atomic E-state index is 5.82. The zero-order valence-electron chi connectivity index (χ0n) is 14.2. The Morgan fingerprint density at radius 2 is 1.65 bits per heavy atom. The largest absolute Gasteiger partial charge is 0.500 e. The summed E-state index contributed by atoms with van der Waals surface area (Å²) in [7, 11) is 6.83. The summed E-state index contributed by atoms with van der Waals surface area (Å²) in [5.41, 5.74) is 1.04. The molecule has 1 unspecified atom stereocenters. The van der Waals surface area contributed by atoms with Crippen LogP contribution in [0.4, 0.5) is 0 Å². The Bertz CT molecular complexity index is 285. The molecular weight excluding hydrogens is 274 g/mol. The maximum Gasteiger partial charge on any atom is 0.500 e. The zero-order chi connectivity index (χ0) is 15.8. The van der Waals surface area contributed by atoms with Crippen LogP contribution in [0.5, 0.6) is 0 Å². The second kappa shape index (κ2) is 8.91. The van der Waals surface area contributed by atoms with E-state index in [0.717, 1.165) is 29.1 Å². The minimum absolute atomic E-state index is 0.121. The molecular formula is C14H32NO4Si+. The van der Waals surface area contributed by atoms with Crippen molar-refractivity contribution in [2.24, 2.45) is 0 Å². The van der Waals surface area contributed by atoms with Crippen molar-refractivity contribution in [3.05, 3.63) is 12.2 Å². The van der Waals surface area contributed by atoms with Crippen LogP contribution in [-0.2, 0) is 18.0 Å². The normalized spacial score (nSPS) is 14.3. The van der Waals surface area contributed by atoms with Crippen molar-refractivity contribution in [3.8, 4) is 0 Å². The number of ether oxygens (including phenoxy) is 1.